The molecule has 2 heteroatoms. The van der Waals surface area contributed by atoms with Crippen molar-refractivity contribution >= 4 is 6.47 Å². The normalized spacial score (nSPS) is 12.4. The summed E-state index contributed by atoms with van der Waals surface area (Å²) in [5.41, 5.74) is 0. The van der Waals surface area contributed by atoms with Gasteiger partial charge in [0.05, 0.1) is 6.10 Å². The van der Waals surface area contributed by atoms with Crippen LogP contribution in [-0.2, 0) is 9.53 Å². The molecular formula is C13H25O2. The van der Waals surface area contributed by atoms with E-state index < -0.39 is 0 Å². The van der Waals surface area contributed by atoms with E-state index in [0.717, 1.165) is 12.8 Å². The molecule has 0 heterocycles. The second kappa shape index (κ2) is 11.5. The van der Waals surface area contributed by atoms with Gasteiger partial charge in [-0.25, -0.2) is 4.79 Å². The van der Waals surface area contributed by atoms with E-state index in [2.05, 4.69) is 6.92 Å². The van der Waals surface area contributed by atoms with Gasteiger partial charge in [0.25, 0.3) is 0 Å². The zero-order valence-corrected chi connectivity index (χ0v) is 10.3. The van der Waals surface area contributed by atoms with Gasteiger partial charge in [-0.2, -0.15) is 0 Å². The van der Waals surface area contributed by atoms with Crippen molar-refractivity contribution in [3.05, 3.63) is 0 Å². The molecule has 0 spiro atoms. The lowest BCUT2D eigenvalue weighted by Crippen LogP contribution is -2.05. The third-order valence-electron chi connectivity index (χ3n) is 2.71. The third-order valence-corrected chi connectivity index (χ3v) is 2.71. The quantitative estimate of drug-likeness (QED) is 0.485. The Hall–Kier alpha value is -0.530. The molecule has 0 N–H and O–H groups in total. The van der Waals surface area contributed by atoms with Gasteiger partial charge in [-0.15, -0.1) is 0 Å². The highest BCUT2D eigenvalue weighted by Crippen LogP contribution is 2.11. The summed E-state index contributed by atoms with van der Waals surface area (Å²) in [5.74, 6) is 0. The summed E-state index contributed by atoms with van der Waals surface area (Å²) in [4.78, 5) is 9.90. The summed E-state index contributed by atoms with van der Waals surface area (Å²) in [5, 5.41) is 0. The van der Waals surface area contributed by atoms with Crippen molar-refractivity contribution in [3.63, 3.8) is 0 Å². The number of carbonyl (C=O) groups excluding carboxylic acids is 1. The van der Waals surface area contributed by atoms with E-state index in [1.165, 1.54) is 51.4 Å². The minimum Gasteiger partial charge on any atom is -0.454 e. The molecule has 0 aliphatic heterocycles. The molecule has 0 amide bonds. The fraction of sp³-hybridized carbons (Fsp3) is 0.923. The molecule has 0 aromatic heterocycles. The molecule has 0 aromatic rings. The van der Waals surface area contributed by atoms with Gasteiger partial charge in [0.15, 0.2) is 0 Å². The van der Waals surface area contributed by atoms with Crippen molar-refractivity contribution in [2.24, 2.45) is 0 Å². The molecule has 0 saturated heterocycles. The highest BCUT2D eigenvalue weighted by molar-refractivity contribution is 5.38. The first-order valence-electron chi connectivity index (χ1n) is 6.34. The first kappa shape index (κ1) is 14.5. The smallest absolute Gasteiger partial charge is 0.417 e. The second-order valence-electron chi connectivity index (χ2n) is 4.28. The van der Waals surface area contributed by atoms with Crippen LogP contribution in [0, 0.1) is 0 Å². The van der Waals surface area contributed by atoms with E-state index in [4.69, 9.17) is 4.74 Å². The highest BCUT2D eigenvalue weighted by atomic mass is 16.5. The van der Waals surface area contributed by atoms with Crippen LogP contribution in [0.25, 0.3) is 0 Å². The molecule has 2 nitrogen and oxygen atoms in total. The first-order chi connectivity index (χ1) is 7.31. The monoisotopic (exact) mass is 213 g/mol. The minimum atomic E-state index is 0.0441. The first-order valence-corrected chi connectivity index (χ1v) is 6.34. The Bertz CT molecular complexity index is 134. The number of ether oxygens (including phenoxy) is 1. The number of unbranched alkanes of at least 4 members (excludes halogenated alkanes) is 7. The Kier molecular flexibility index (Phi) is 11.1. The van der Waals surface area contributed by atoms with E-state index in [1.807, 2.05) is 6.92 Å². The Morgan fingerprint density at radius 1 is 1.00 bits per heavy atom. The maximum absolute atomic E-state index is 9.90. The van der Waals surface area contributed by atoms with Crippen LogP contribution in [-0.4, -0.2) is 12.6 Å². The molecule has 0 saturated carbocycles. The Morgan fingerprint density at radius 2 is 1.53 bits per heavy atom. The minimum absolute atomic E-state index is 0.0441. The van der Waals surface area contributed by atoms with E-state index >= 15 is 0 Å². The molecule has 89 valence electrons. The van der Waals surface area contributed by atoms with E-state index in [1.54, 1.807) is 0 Å². The lowest BCUT2D eigenvalue weighted by atomic mass is 10.1. The zero-order chi connectivity index (χ0) is 11.4. The van der Waals surface area contributed by atoms with E-state index in [9.17, 15) is 4.79 Å². The van der Waals surface area contributed by atoms with E-state index in [-0.39, 0.29) is 6.10 Å². The van der Waals surface area contributed by atoms with Crippen LogP contribution in [0.1, 0.15) is 71.6 Å². The molecule has 15 heavy (non-hydrogen) atoms. The summed E-state index contributed by atoms with van der Waals surface area (Å²) in [6.07, 6.45) is 11.6. The topological polar surface area (TPSA) is 26.3 Å². The van der Waals surface area contributed by atoms with Crippen molar-refractivity contribution in [1.82, 2.24) is 0 Å². The molecule has 0 aromatic carbocycles. The van der Waals surface area contributed by atoms with Crippen LogP contribution < -0.4 is 0 Å². The summed E-state index contributed by atoms with van der Waals surface area (Å²) in [7, 11) is 0. The molecule has 1 atom stereocenters. The Morgan fingerprint density at radius 3 is 2.07 bits per heavy atom. The van der Waals surface area contributed by atoms with Gasteiger partial charge in [0, 0.05) is 0 Å². The number of hydrogen-bond donors (Lipinski definition) is 0. The van der Waals surface area contributed by atoms with Crippen molar-refractivity contribution in [2.75, 3.05) is 0 Å². The SMILES string of the molecule is CCCCCCCCCCC(C)O[C]=O. The summed E-state index contributed by atoms with van der Waals surface area (Å²) in [6.45, 7) is 5.66. The average Bonchev–Trinajstić information content (AvgIpc) is 2.22. The average molecular weight is 213 g/mol. The predicted octanol–water partition coefficient (Wildman–Crippen LogP) is 3.99. The van der Waals surface area contributed by atoms with Crippen LogP contribution in [0.3, 0.4) is 0 Å². The maximum Gasteiger partial charge on any atom is 0.417 e. The number of rotatable bonds is 11. The molecule has 0 aliphatic carbocycles. The second-order valence-corrected chi connectivity index (χ2v) is 4.28. The molecule has 1 radical (unpaired) electrons. The fourth-order valence-electron chi connectivity index (χ4n) is 1.71. The maximum atomic E-state index is 9.90. The molecule has 0 rings (SSSR count). The van der Waals surface area contributed by atoms with Crippen LogP contribution >= 0.6 is 0 Å². The standard InChI is InChI=1S/C13H25O2/c1-3-4-5-6-7-8-9-10-11-13(2)15-12-14/h13H,3-11H2,1-2H3. The van der Waals surface area contributed by atoms with Gasteiger partial charge in [-0.1, -0.05) is 51.9 Å². The van der Waals surface area contributed by atoms with Gasteiger partial charge in [0.2, 0.25) is 0 Å². The lowest BCUT2D eigenvalue weighted by Gasteiger charge is -2.07. The van der Waals surface area contributed by atoms with E-state index in [0.29, 0.717) is 0 Å². The Balaban J connectivity index is 3.01. The molecule has 0 aliphatic rings. The van der Waals surface area contributed by atoms with Crippen molar-refractivity contribution in [1.29, 1.82) is 0 Å². The highest BCUT2D eigenvalue weighted by Gasteiger charge is 2.00. The van der Waals surface area contributed by atoms with Crippen molar-refractivity contribution in [2.45, 2.75) is 77.7 Å². The number of hydrogen-bond acceptors (Lipinski definition) is 2. The summed E-state index contributed by atoms with van der Waals surface area (Å²) in [6, 6.07) is 0. The zero-order valence-electron chi connectivity index (χ0n) is 10.3. The predicted molar refractivity (Wildman–Crippen MR) is 63.5 cm³/mol. The molecule has 0 bridgehead atoms. The van der Waals surface area contributed by atoms with Crippen LogP contribution in [0.4, 0.5) is 0 Å². The third kappa shape index (κ3) is 11.4. The summed E-state index contributed by atoms with van der Waals surface area (Å²) >= 11 is 0. The molecule has 0 fully saturated rings. The van der Waals surface area contributed by atoms with Gasteiger partial charge in [-0.05, 0) is 19.8 Å². The van der Waals surface area contributed by atoms with Gasteiger partial charge in [0.1, 0.15) is 0 Å². The Labute approximate surface area is 94.4 Å². The molecule has 1 unspecified atom stereocenters. The molecular weight excluding hydrogens is 188 g/mol. The fourth-order valence-corrected chi connectivity index (χ4v) is 1.71. The van der Waals surface area contributed by atoms with Gasteiger partial charge < -0.3 is 4.74 Å². The summed E-state index contributed by atoms with van der Waals surface area (Å²) < 4.78 is 4.70. The van der Waals surface area contributed by atoms with Crippen LogP contribution in [0.5, 0.6) is 0 Å². The van der Waals surface area contributed by atoms with Crippen LogP contribution in [0.2, 0.25) is 0 Å². The van der Waals surface area contributed by atoms with Crippen LogP contribution in [0.15, 0.2) is 0 Å². The van der Waals surface area contributed by atoms with Crippen molar-refractivity contribution < 1.29 is 9.53 Å². The lowest BCUT2D eigenvalue weighted by molar-refractivity contribution is 0.181. The largest absolute Gasteiger partial charge is 0.454 e. The van der Waals surface area contributed by atoms with Crippen molar-refractivity contribution in [3.8, 4) is 0 Å². The van der Waals surface area contributed by atoms with Gasteiger partial charge >= 0.3 is 6.47 Å². The van der Waals surface area contributed by atoms with Gasteiger partial charge in [-0.3, -0.25) is 0 Å².